The summed E-state index contributed by atoms with van der Waals surface area (Å²) >= 11 is 0. The third-order valence-corrected chi connectivity index (χ3v) is 3.69. The smallest absolute Gasteiger partial charge is 0.229 e. The molecule has 5 nitrogen and oxygen atoms in total. The van der Waals surface area contributed by atoms with Crippen LogP contribution in [0.5, 0.6) is 0 Å². The molecule has 3 aromatic rings. The minimum absolute atomic E-state index is 0.0779. The highest BCUT2D eigenvalue weighted by Crippen LogP contribution is 2.14. The molecule has 0 saturated heterocycles. The molecule has 2 aromatic carbocycles. The molecule has 5 heteroatoms. The number of hydrogen-bond donors (Lipinski definition) is 1. The van der Waals surface area contributed by atoms with Crippen molar-refractivity contribution in [1.82, 2.24) is 9.78 Å². The van der Waals surface area contributed by atoms with Crippen molar-refractivity contribution in [2.24, 2.45) is 0 Å². The van der Waals surface area contributed by atoms with Gasteiger partial charge in [0.05, 0.1) is 12.1 Å². The van der Waals surface area contributed by atoms with Crippen LogP contribution in [-0.2, 0) is 11.2 Å². The molecule has 1 N–H and O–H groups in total. The van der Waals surface area contributed by atoms with Crippen LogP contribution in [0.15, 0.2) is 66.9 Å². The van der Waals surface area contributed by atoms with Gasteiger partial charge < -0.3 is 10.2 Å². The summed E-state index contributed by atoms with van der Waals surface area (Å²) in [7, 11) is 3.98. The van der Waals surface area contributed by atoms with E-state index in [2.05, 4.69) is 10.4 Å². The van der Waals surface area contributed by atoms with Crippen molar-refractivity contribution < 1.29 is 4.79 Å². The quantitative estimate of drug-likeness (QED) is 0.786. The normalized spacial score (nSPS) is 10.4. The zero-order valence-corrected chi connectivity index (χ0v) is 13.8. The Morgan fingerprint density at radius 3 is 2.42 bits per heavy atom. The van der Waals surface area contributed by atoms with Crippen molar-refractivity contribution in [1.29, 1.82) is 0 Å². The molecule has 24 heavy (non-hydrogen) atoms. The molecule has 1 aromatic heterocycles. The molecule has 0 radical (unpaired) electrons. The van der Waals surface area contributed by atoms with Crippen LogP contribution in [0, 0.1) is 0 Å². The summed E-state index contributed by atoms with van der Waals surface area (Å²) in [6, 6.07) is 19.5. The van der Waals surface area contributed by atoms with E-state index in [1.807, 2.05) is 79.8 Å². The maximum Gasteiger partial charge on any atom is 0.229 e. The lowest BCUT2D eigenvalue weighted by molar-refractivity contribution is -0.115. The van der Waals surface area contributed by atoms with Crippen molar-refractivity contribution >= 4 is 17.4 Å². The molecule has 0 unspecified atom stereocenters. The van der Waals surface area contributed by atoms with Gasteiger partial charge in [-0.25, -0.2) is 4.68 Å². The van der Waals surface area contributed by atoms with Gasteiger partial charge in [0.2, 0.25) is 5.91 Å². The second-order valence-corrected chi connectivity index (χ2v) is 5.77. The van der Waals surface area contributed by atoms with Crippen LogP contribution in [0.2, 0.25) is 0 Å². The average Bonchev–Trinajstić information content (AvgIpc) is 3.04. The summed E-state index contributed by atoms with van der Waals surface area (Å²) < 4.78 is 1.74. The maximum absolute atomic E-state index is 12.2. The van der Waals surface area contributed by atoms with E-state index < -0.39 is 0 Å². The number of rotatable bonds is 5. The van der Waals surface area contributed by atoms with E-state index in [1.54, 1.807) is 10.7 Å². The van der Waals surface area contributed by atoms with Gasteiger partial charge in [-0.2, -0.15) is 5.10 Å². The molecule has 122 valence electrons. The van der Waals surface area contributed by atoms with E-state index in [4.69, 9.17) is 0 Å². The molecule has 3 rings (SSSR count). The van der Waals surface area contributed by atoms with E-state index >= 15 is 0 Å². The standard InChI is InChI=1S/C19H20N4O/c1-22(2)16-10-8-15(9-11-16)14-19(24)20-18-12-13-23(21-18)17-6-4-3-5-7-17/h3-13H,14H2,1-2H3,(H,20,21,24). The summed E-state index contributed by atoms with van der Waals surface area (Å²) in [5.41, 5.74) is 3.04. The third-order valence-electron chi connectivity index (χ3n) is 3.69. The highest BCUT2D eigenvalue weighted by atomic mass is 16.1. The molecule has 0 atom stereocenters. The molecule has 0 aliphatic carbocycles. The molecular formula is C19H20N4O. The number of nitrogens with zero attached hydrogens (tertiary/aromatic N) is 3. The first-order valence-corrected chi connectivity index (χ1v) is 7.79. The first-order chi connectivity index (χ1) is 11.6. The summed E-state index contributed by atoms with van der Waals surface area (Å²) in [4.78, 5) is 14.2. The highest BCUT2D eigenvalue weighted by molar-refractivity contribution is 5.91. The zero-order chi connectivity index (χ0) is 16.9. The lowest BCUT2D eigenvalue weighted by Gasteiger charge is -2.12. The van der Waals surface area contributed by atoms with E-state index in [9.17, 15) is 4.79 Å². The van der Waals surface area contributed by atoms with Gasteiger partial charge >= 0.3 is 0 Å². The zero-order valence-electron chi connectivity index (χ0n) is 13.8. The minimum atomic E-state index is -0.0779. The van der Waals surface area contributed by atoms with Crippen LogP contribution >= 0.6 is 0 Å². The van der Waals surface area contributed by atoms with E-state index in [0.717, 1.165) is 16.9 Å². The average molecular weight is 320 g/mol. The number of anilines is 2. The number of nitrogens with one attached hydrogen (secondary N) is 1. The molecule has 0 aliphatic rings. The first kappa shape index (κ1) is 15.8. The number of aromatic nitrogens is 2. The van der Waals surface area contributed by atoms with Crippen LogP contribution in [0.25, 0.3) is 5.69 Å². The number of carbonyl (C=O) groups excluding carboxylic acids is 1. The third kappa shape index (κ3) is 3.81. The van der Waals surface area contributed by atoms with Crippen LogP contribution < -0.4 is 10.2 Å². The molecule has 0 saturated carbocycles. The van der Waals surface area contributed by atoms with Crippen LogP contribution in [0.4, 0.5) is 11.5 Å². The summed E-state index contributed by atoms with van der Waals surface area (Å²) in [6.07, 6.45) is 2.16. The van der Waals surface area contributed by atoms with Gasteiger partial charge in [0.25, 0.3) is 0 Å². The minimum Gasteiger partial charge on any atom is -0.378 e. The van der Waals surface area contributed by atoms with Crippen LogP contribution in [0.3, 0.4) is 0 Å². The van der Waals surface area contributed by atoms with Crippen LogP contribution in [-0.4, -0.2) is 29.8 Å². The second-order valence-electron chi connectivity index (χ2n) is 5.77. The number of carbonyl (C=O) groups is 1. The fourth-order valence-electron chi connectivity index (χ4n) is 2.40. The molecule has 0 aliphatic heterocycles. The van der Waals surface area contributed by atoms with E-state index in [0.29, 0.717) is 12.2 Å². The summed E-state index contributed by atoms with van der Waals surface area (Å²) in [6.45, 7) is 0. The highest BCUT2D eigenvalue weighted by Gasteiger charge is 2.07. The molecule has 0 bridgehead atoms. The largest absolute Gasteiger partial charge is 0.378 e. The van der Waals surface area contributed by atoms with E-state index in [1.165, 1.54) is 0 Å². The van der Waals surface area contributed by atoms with E-state index in [-0.39, 0.29) is 5.91 Å². The number of amides is 1. The fraction of sp³-hybridized carbons (Fsp3) is 0.158. The Labute approximate surface area is 141 Å². The Morgan fingerprint density at radius 2 is 1.75 bits per heavy atom. The van der Waals surface area contributed by atoms with Crippen molar-refractivity contribution in [2.75, 3.05) is 24.3 Å². The van der Waals surface area contributed by atoms with Crippen molar-refractivity contribution in [3.63, 3.8) is 0 Å². The van der Waals surface area contributed by atoms with Gasteiger partial charge in [-0.1, -0.05) is 30.3 Å². The van der Waals surface area contributed by atoms with Gasteiger partial charge in [-0.15, -0.1) is 0 Å². The number of benzene rings is 2. The number of para-hydroxylation sites is 1. The van der Waals surface area contributed by atoms with Gasteiger partial charge in [0.15, 0.2) is 5.82 Å². The molecule has 1 amide bonds. The lowest BCUT2D eigenvalue weighted by atomic mass is 10.1. The summed E-state index contributed by atoms with van der Waals surface area (Å²) in [5.74, 6) is 0.472. The maximum atomic E-state index is 12.2. The monoisotopic (exact) mass is 320 g/mol. The van der Waals surface area contributed by atoms with Crippen molar-refractivity contribution in [3.8, 4) is 5.69 Å². The predicted molar refractivity (Wildman–Crippen MR) is 96.7 cm³/mol. The van der Waals surface area contributed by atoms with Crippen molar-refractivity contribution in [3.05, 3.63) is 72.4 Å². The van der Waals surface area contributed by atoms with Crippen molar-refractivity contribution in [2.45, 2.75) is 6.42 Å². The van der Waals surface area contributed by atoms with Gasteiger partial charge in [0, 0.05) is 32.0 Å². The molecular weight excluding hydrogens is 300 g/mol. The molecule has 0 fully saturated rings. The summed E-state index contributed by atoms with van der Waals surface area (Å²) in [5, 5.41) is 7.21. The number of hydrogen-bond acceptors (Lipinski definition) is 3. The topological polar surface area (TPSA) is 50.2 Å². The SMILES string of the molecule is CN(C)c1ccc(CC(=O)Nc2ccn(-c3ccccc3)n2)cc1. The predicted octanol–water partition coefficient (Wildman–Crippen LogP) is 3.12. The van der Waals surface area contributed by atoms with Gasteiger partial charge in [-0.05, 0) is 29.8 Å². The molecule has 1 heterocycles. The molecule has 0 spiro atoms. The Balaban J connectivity index is 1.62. The Hall–Kier alpha value is -3.08. The van der Waals surface area contributed by atoms with Crippen LogP contribution in [0.1, 0.15) is 5.56 Å². The van der Waals surface area contributed by atoms with Gasteiger partial charge in [-0.3, -0.25) is 4.79 Å². The second kappa shape index (κ2) is 7.00. The first-order valence-electron chi connectivity index (χ1n) is 7.79. The Morgan fingerprint density at radius 1 is 1.04 bits per heavy atom. The van der Waals surface area contributed by atoms with Gasteiger partial charge in [0.1, 0.15) is 0 Å². The lowest BCUT2D eigenvalue weighted by Crippen LogP contribution is -2.15. The Bertz CT molecular complexity index is 807. The Kier molecular flexibility index (Phi) is 4.61. The fourth-order valence-corrected chi connectivity index (χ4v) is 2.40.